The second-order valence-corrected chi connectivity index (χ2v) is 9.94. The Bertz CT molecular complexity index is 1730. The third-order valence-electron chi connectivity index (χ3n) is 5.98. The highest BCUT2D eigenvalue weighted by Gasteiger charge is 2.33. The van der Waals surface area contributed by atoms with Gasteiger partial charge in [-0.3, -0.25) is 9.36 Å². The maximum atomic E-state index is 13.7. The number of nitrogens with zero attached hydrogens (tertiary/aromatic N) is 2. The highest BCUT2D eigenvalue weighted by atomic mass is 35.5. The van der Waals surface area contributed by atoms with Crippen LogP contribution in [-0.2, 0) is 9.53 Å². The van der Waals surface area contributed by atoms with E-state index in [0.29, 0.717) is 53.5 Å². The highest BCUT2D eigenvalue weighted by molar-refractivity contribution is 7.07. The van der Waals surface area contributed by atoms with Gasteiger partial charge in [0.2, 0.25) is 0 Å². The predicted molar refractivity (Wildman–Crippen MR) is 143 cm³/mol. The maximum Gasteiger partial charge on any atom is 0.338 e. The van der Waals surface area contributed by atoms with Crippen LogP contribution in [0.2, 0.25) is 10.0 Å². The SMILES string of the molecule is COC(=O)C1=C(C)N=c2sc(=Cc3ccc(-c4cccc(Cl)c4Cl)o3)c(=O)n2C1c1ccc(OC)cc1. The van der Waals surface area contributed by atoms with Crippen LogP contribution in [0.15, 0.2) is 80.1 Å². The van der Waals surface area contributed by atoms with Crippen molar-refractivity contribution in [2.75, 3.05) is 14.2 Å². The number of hydrogen-bond acceptors (Lipinski definition) is 7. The number of allylic oxidation sites excluding steroid dienone is 1. The van der Waals surface area contributed by atoms with Gasteiger partial charge in [-0.2, -0.15) is 0 Å². The van der Waals surface area contributed by atoms with Gasteiger partial charge in [0.1, 0.15) is 17.3 Å². The number of ether oxygens (including phenoxy) is 2. The summed E-state index contributed by atoms with van der Waals surface area (Å²) in [6, 6.07) is 15.3. The molecule has 188 valence electrons. The summed E-state index contributed by atoms with van der Waals surface area (Å²) in [6.45, 7) is 1.73. The van der Waals surface area contributed by atoms with Crippen molar-refractivity contribution in [2.24, 2.45) is 4.99 Å². The Morgan fingerprint density at radius 3 is 2.57 bits per heavy atom. The Kier molecular flexibility index (Phi) is 6.81. The van der Waals surface area contributed by atoms with E-state index in [0.717, 1.165) is 5.56 Å². The number of fused-ring (bicyclic) bond motifs is 1. The van der Waals surface area contributed by atoms with E-state index in [1.807, 2.05) is 12.1 Å². The first-order valence-corrected chi connectivity index (χ1v) is 12.7. The molecule has 10 heteroatoms. The summed E-state index contributed by atoms with van der Waals surface area (Å²) in [4.78, 5) is 31.5. The van der Waals surface area contributed by atoms with Crippen LogP contribution in [0, 0.1) is 0 Å². The van der Waals surface area contributed by atoms with Crippen LogP contribution in [0.25, 0.3) is 17.4 Å². The van der Waals surface area contributed by atoms with Gasteiger partial charge >= 0.3 is 5.97 Å². The van der Waals surface area contributed by atoms with E-state index in [1.165, 1.54) is 23.0 Å². The molecule has 0 saturated heterocycles. The molecule has 0 bridgehead atoms. The van der Waals surface area contributed by atoms with E-state index in [2.05, 4.69) is 4.99 Å². The summed E-state index contributed by atoms with van der Waals surface area (Å²) in [5.74, 6) is 1.09. The summed E-state index contributed by atoms with van der Waals surface area (Å²) in [7, 11) is 2.88. The van der Waals surface area contributed by atoms with Crippen molar-refractivity contribution < 1.29 is 18.7 Å². The van der Waals surface area contributed by atoms with Gasteiger partial charge in [0.15, 0.2) is 4.80 Å². The summed E-state index contributed by atoms with van der Waals surface area (Å²) in [5, 5.41) is 0.801. The quantitative estimate of drug-likeness (QED) is 0.325. The zero-order chi connectivity index (χ0) is 26.3. The lowest BCUT2D eigenvalue weighted by molar-refractivity contribution is -0.136. The predicted octanol–water partition coefficient (Wildman–Crippen LogP) is 4.98. The molecule has 7 nitrogen and oxygen atoms in total. The van der Waals surface area contributed by atoms with Crippen LogP contribution in [-0.4, -0.2) is 24.8 Å². The van der Waals surface area contributed by atoms with Crippen LogP contribution in [0.1, 0.15) is 24.3 Å². The second kappa shape index (κ2) is 10.0. The van der Waals surface area contributed by atoms with Gasteiger partial charge in [-0.05, 0) is 48.9 Å². The number of hydrogen-bond donors (Lipinski definition) is 0. The van der Waals surface area contributed by atoms with Gasteiger partial charge in [-0.25, -0.2) is 9.79 Å². The van der Waals surface area contributed by atoms with Crippen LogP contribution in [0.5, 0.6) is 5.75 Å². The standard InChI is InChI=1S/C27H20Cl2N2O5S/c1-14-22(26(33)35-3)24(15-7-9-16(34-2)10-8-15)31-25(32)21(37-27(31)30-14)13-17-11-12-20(36-17)18-5-4-6-19(28)23(18)29/h4-13,24H,1-3H3. The van der Waals surface area contributed by atoms with Gasteiger partial charge in [0, 0.05) is 11.6 Å². The van der Waals surface area contributed by atoms with E-state index < -0.39 is 12.0 Å². The Hall–Kier alpha value is -3.59. The third-order valence-corrected chi connectivity index (χ3v) is 7.78. The minimum atomic E-state index is -0.714. The van der Waals surface area contributed by atoms with Crippen molar-refractivity contribution in [3.05, 3.63) is 107 Å². The molecule has 2 aromatic heterocycles. The molecule has 1 aliphatic heterocycles. The second-order valence-electron chi connectivity index (χ2n) is 8.15. The van der Waals surface area contributed by atoms with Crippen molar-refractivity contribution in [2.45, 2.75) is 13.0 Å². The van der Waals surface area contributed by atoms with Gasteiger partial charge < -0.3 is 13.9 Å². The van der Waals surface area contributed by atoms with Crippen molar-refractivity contribution in [3.8, 4) is 17.1 Å². The zero-order valence-corrected chi connectivity index (χ0v) is 22.3. The van der Waals surface area contributed by atoms with Crippen LogP contribution in [0.4, 0.5) is 0 Å². The molecule has 0 amide bonds. The Balaban J connectivity index is 1.64. The topological polar surface area (TPSA) is 83.0 Å². The number of esters is 1. The van der Waals surface area contributed by atoms with E-state index in [9.17, 15) is 9.59 Å². The molecule has 0 spiro atoms. The number of aromatic nitrogens is 1. The van der Waals surface area contributed by atoms with Gasteiger partial charge in [0.25, 0.3) is 5.56 Å². The largest absolute Gasteiger partial charge is 0.497 e. The molecule has 1 aliphatic rings. The fraction of sp³-hybridized carbons (Fsp3) is 0.148. The lowest BCUT2D eigenvalue weighted by atomic mass is 9.96. The number of furan rings is 1. The normalized spacial score (nSPS) is 15.4. The average Bonchev–Trinajstić information content (AvgIpc) is 3.48. The van der Waals surface area contributed by atoms with Crippen molar-refractivity contribution in [1.29, 1.82) is 0 Å². The lowest BCUT2D eigenvalue weighted by Crippen LogP contribution is -2.39. The average molecular weight is 555 g/mol. The molecule has 0 aliphatic carbocycles. The van der Waals surface area contributed by atoms with Crippen LogP contribution >= 0.6 is 34.5 Å². The number of methoxy groups -OCH3 is 2. The summed E-state index contributed by atoms with van der Waals surface area (Å²) in [6.07, 6.45) is 1.65. The molecule has 37 heavy (non-hydrogen) atoms. The molecule has 0 radical (unpaired) electrons. The lowest BCUT2D eigenvalue weighted by Gasteiger charge is -2.24. The van der Waals surface area contributed by atoms with Crippen molar-refractivity contribution in [3.63, 3.8) is 0 Å². The van der Waals surface area contributed by atoms with E-state index >= 15 is 0 Å². The van der Waals surface area contributed by atoms with E-state index in [1.54, 1.807) is 62.6 Å². The van der Waals surface area contributed by atoms with Gasteiger partial charge in [-0.15, -0.1) is 0 Å². The molecule has 4 aromatic rings. The number of benzene rings is 2. The molecule has 0 fully saturated rings. The first-order valence-electron chi connectivity index (χ1n) is 11.1. The first-order chi connectivity index (χ1) is 17.8. The monoisotopic (exact) mass is 554 g/mol. The number of rotatable bonds is 5. The molecular formula is C27H20Cl2N2O5S. The molecular weight excluding hydrogens is 535 g/mol. The van der Waals surface area contributed by atoms with Crippen LogP contribution < -0.4 is 19.6 Å². The summed E-state index contributed by atoms with van der Waals surface area (Å²) in [5.41, 5.74) is 1.84. The summed E-state index contributed by atoms with van der Waals surface area (Å²) < 4.78 is 18.2. The number of thiazole rings is 1. The fourth-order valence-electron chi connectivity index (χ4n) is 4.19. The molecule has 2 aromatic carbocycles. The van der Waals surface area contributed by atoms with E-state index in [4.69, 9.17) is 37.1 Å². The summed E-state index contributed by atoms with van der Waals surface area (Å²) >= 11 is 13.7. The molecule has 1 atom stereocenters. The molecule has 5 rings (SSSR count). The van der Waals surface area contributed by atoms with Crippen molar-refractivity contribution >= 4 is 46.6 Å². The smallest absolute Gasteiger partial charge is 0.338 e. The Morgan fingerprint density at radius 2 is 1.86 bits per heavy atom. The Morgan fingerprint density at radius 1 is 1.11 bits per heavy atom. The molecule has 1 unspecified atom stereocenters. The zero-order valence-electron chi connectivity index (χ0n) is 20.0. The van der Waals surface area contributed by atoms with Crippen LogP contribution in [0.3, 0.4) is 0 Å². The number of carbonyl (C=O) groups is 1. The molecule has 0 N–H and O–H groups in total. The van der Waals surface area contributed by atoms with Crippen molar-refractivity contribution in [1.82, 2.24) is 4.57 Å². The van der Waals surface area contributed by atoms with Gasteiger partial charge in [0.05, 0.1) is 46.1 Å². The maximum absolute atomic E-state index is 13.7. The van der Waals surface area contributed by atoms with Gasteiger partial charge in [-0.1, -0.05) is 52.7 Å². The number of halogens is 2. The minimum Gasteiger partial charge on any atom is -0.497 e. The highest BCUT2D eigenvalue weighted by Crippen LogP contribution is 2.35. The Labute approximate surface area is 225 Å². The fourth-order valence-corrected chi connectivity index (χ4v) is 5.61. The molecule has 0 saturated carbocycles. The first kappa shape index (κ1) is 25.1. The minimum absolute atomic E-state index is 0.294. The molecule has 3 heterocycles. The van der Waals surface area contributed by atoms with E-state index in [-0.39, 0.29) is 5.56 Å². The number of carbonyl (C=O) groups excluding carboxylic acids is 1. The third kappa shape index (κ3) is 4.52.